The van der Waals surface area contributed by atoms with Crippen LogP contribution < -0.4 is 4.90 Å². The van der Waals surface area contributed by atoms with E-state index in [9.17, 15) is 4.79 Å². The molecule has 3 nitrogen and oxygen atoms in total. The number of nitrogens with zero attached hydrogens (tertiary/aromatic N) is 2. The molecule has 0 aliphatic rings. The Morgan fingerprint density at radius 2 is 2.43 bits per heavy atom. The van der Waals surface area contributed by atoms with Gasteiger partial charge in [0.15, 0.2) is 11.4 Å². The third kappa shape index (κ3) is 2.54. The molecule has 0 aliphatic heterocycles. The molecule has 1 heterocycles. The van der Waals surface area contributed by atoms with Gasteiger partial charge in [-0.1, -0.05) is 24.7 Å². The van der Waals surface area contributed by atoms with Crippen LogP contribution in [0.25, 0.3) is 0 Å². The van der Waals surface area contributed by atoms with Crippen LogP contribution in [0.1, 0.15) is 36.4 Å². The van der Waals surface area contributed by atoms with Crippen LogP contribution in [0, 0.1) is 0 Å². The van der Waals surface area contributed by atoms with E-state index < -0.39 is 0 Å². The van der Waals surface area contributed by atoms with Crippen LogP contribution in [0.2, 0.25) is 0 Å². The summed E-state index contributed by atoms with van der Waals surface area (Å²) in [5, 5.41) is 0.924. The van der Waals surface area contributed by atoms with E-state index in [-0.39, 0.29) is 0 Å². The van der Waals surface area contributed by atoms with Crippen molar-refractivity contribution >= 4 is 22.8 Å². The number of rotatable bonds is 5. The van der Waals surface area contributed by atoms with E-state index in [0.717, 1.165) is 24.3 Å². The summed E-state index contributed by atoms with van der Waals surface area (Å²) in [6.07, 6.45) is 4.78. The van der Waals surface area contributed by atoms with E-state index in [1.54, 1.807) is 6.20 Å². The maximum Gasteiger partial charge on any atom is 0.185 e. The minimum Gasteiger partial charge on any atom is -0.348 e. The lowest BCUT2D eigenvalue weighted by Crippen LogP contribution is -2.28. The molecule has 14 heavy (non-hydrogen) atoms. The Bertz CT molecular complexity index is 298. The average Bonchev–Trinajstić information content (AvgIpc) is 2.65. The largest absolute Gasteiger partial charge is 0.348 e. The van der Waals surface area contributed by atoms with E-state index in [0.29, 0.717) is 10.9 Å². The zero-order valence-electron chi connectivity index (χ0n) is 8.86. The summed E-state index contributed by atoms with van der Waals surface area (Å²) in [5.74, 6) is 0. The zero-order valence-corrected chi connectivity index (χ0v) is 9.67. The third-order valence-electron chi connectivity index (χ3n) is 2.30. The average molecular weight is 212 g/mol. The highest BCUT2D eigenvalue weighted by molar-refractivity contribution is 7.17. The van der Waals surface area contributed by atoms with Gasteiger partial charge in [-0.15, -0.1) is 0 Å². The summed E-state index contributed by atoms with van der Waals surface area (Å²) in [6.45, 7) is 4.34. The van der Waals surface area contributed by atoms with Gasteiger partial charge in [0.2, 0.25) is 0 Å². The van der Waals surface area contributed by atoms with E-state index in [2.05, 4.69) is 23.7 Å². The molecule has 0 aliphatic carbocycles. The number of hydrogen-bond donors (Lipinski definition) is 0. The van der Waals surface area contributed by atoms with Gasteiger partial charge in [-0.3, -0.25) is 4.79 Å². The summed E-state index contributed by atoms with van der Waals surface area (Å²) < 4.78 is 0. The fourth-order valence-electron chi connectivity index (χ4n) is 1.29. The molecule has 0 N–H and O–H groups in total. The molecule has 1 unspecified atom stereocenters. The maximum absolute atomic E-state index is 10.5. The molecule has 0 radical (unpaired) electrons. The summed E-state index contributed by atoms with van der Waals surface area (Å²) in [4.78, 5) is 17.5. The predicted molar refractivity (Wildman–Crippen MR) is 60.3 cm³/mol. The molecule has 0 amide bonds. The second-order valence-corrected chi connectivity index (χ2v) is 4.45. The van der Waals surface area contributed by atoms with Gasteiger partial charge in [0.05, 0.1) is 11.1 Å². The molecule has 0 aromatic carbocycles. The van der Waals surface area contributed by atoms with Crippen LogP contribution in [0.4, 0.5) is 5.13 Å². The lowest BCUT2D eigenvalue weighted by atomic mass is 10.2. The van der Waals surface area contributed by atoms with Gasteiger partial charge in [-0.25, -0.2) is 4.98 Å². The van der Waals surface area contributed by atoms with Crippen molar-refractivity contribution in [3.05, 3.63) is 11.1 Å². The molecule has 1 aromatic heterocycles. The molecule has 0 bridgehead atoms. The zero-order chi connectivity index (χ0) is 10.6. The number of carbonyl (C=O) groups is 1. The monoisotopic (exact) mass is 212 g/mol. The molecule has 1 atom stereocenters. The first-order valence-electron chi connectivity index (χ1n) is 4.82. The molecule has 0 spiro atoms. The molecule has 0 saturated carbocycles. The van der Waals surface area contributed by atoms with Crippen molar-refractivity contribution in [2.75, 3.05) is 11.9 Å². The molecule has 1 rings (SSSR count). The highest BCUT2D eigenvalue weighted by Gasteiger charge is 2.12. The van der Waals surface area contributed by atoms with Gasteiger partial charge in [0.25, 0.3) is 0 Å². The standard InChI is InChI=1S/C10H16N2OS/c1-4-5-8(2)12(3)10-11-6-9(7-13)14-10/h6-8H,4-5H2,1-3H3. The second kappa shape index (κ2) is 5.10. The quantitative estimate of drug-likeness (QED) is 0.703. The molecule has 1 aromatic rings. The fourth-order valence-corrected chi connectivity index (χ4v) is 2.09. The van der Waals surface area contributed by atoms with Gasteiger partial charge in [0, 0.05) is 13.1 Å². The SMILES string of the molecule is CCCC(C)N(C)c1ncc(C=O)s1. The van der Waals surface area contributed by atoms with Crippen molar-refractivity contribution in [1.29, 1.82) is 0 Å². The van der Waals surface area contributed by atoms with Crippen molar-refractivity contribution in [1.82, 2.24) is 4.98 Å². The summed E-state index contributed by atoms with van der Waals surface area (Å²) in [5.41, 5.74) is 0. The maximum atomic E-state index is 10.5. The van der Waals surface area contributed by atoms with Crippen LogP contribution in [0.15, 0.2) is 6.20 Å². The van der Waals surface area contributed by atoms with Gasteiger partial charge in [-0.05, 0) is 13.3 Å². The van der Waals surface area contributed by atoms with Crippen LogP contribution in [-0.4, -0.2) is 24.4 Å². The number of aromatic nitrogens is 1. The van der Waals surface area contributed by atoms with Gasteiger partial charge >= 0.3 is 0 Å². The third-order valence-corrected chi connectivity index (χ3v) is 3.31. The van der Waals surface area contributed by atoms with E-state index in [4.69, 9.17) is 0 Å². The number of anilines is 1. The van der Waals surface area contributed by atoms with Gasteiger partial charge in [-0.2, -0.15) is 0 Å². The number of hydrogen-bond acceptors (Lipinski definition) is 4. The Balaban J connectivity index is 2.67. The Morgan fingerprint density at radius 1 is 1.71 bits per heavy atom. The molecule has 0 saturated heterocycles. The van der Waals surface area contributed by atoms with Crippen LogP contribution in [0.3, 0.4) is 0 Å². The highest BCUT2D eigenvalue weighted by Crippen LogP contribution is 2.22. The second-order valence-electron chi connectivity index (χ2n) is 3.41. The summed E-state index contributed by atoms with van der Waals surface area (Å²) in [7, 11) is 2.02. The number of thiazole rings is 1. The van der Waals surface area contributed by atoms with Crippen LogP contribution >= 0.6 is 11.3 Å². The normalized spacial score (nSPS) is 12.5. The van der Waals surface area contributed by atoms with E-state index in [1.165, 1.54) is 11.3 Å². The Hall–Kier alpha value is -0.900. The Kier molecular flexibility index (Phi) is 4.07. The molecular weight excluding hydrogens is 196 g/mol. The van der Waals surface area contributed by atoms with Crippen LogP contribution in [0.5, 0.6) is 0 Å². The van der Waals surface area contributed by atoms with Crippen molar-refractivity contribution in [2.24, 2.45) is 0 Å². The van der Waals surface area contributed by atoms with Gasteiger partial charge < -0.3 is 4.90 Å². The Morgan fingerprint density at radius 3 is 2.93 bits per heavy atom. The predicted octanol–water partition coefficient (Wildman–Crippen LogP) is 2.58. The lowest BCUT2D eigenvalue weighted by Gasteiger charge is -2.23. The first-order valence-corrected chi connectivity index (χ1v) is 5.64. The van der Waals surface area contributed by atoms with E-state index >= 15 is 0 Å². The topological polar surface area (TPSA) is 33.2 Å². The summed E-state index contributed by atoms with van der Waals surface area (Å²) in [6, 6.07) is 0.477. The number of aldehydes is 1. The smallest absolute Gasteiger partial charge is 0.185 e. The molecule has 4 heteroatoms. The minimum atomic E-state index is 0.477. The first kappa shape index (κ1) is 11.2. The van der Waals surface area contributed by atoms with Crippen molar-refractivity contribution in [3.8, 4) is 0 Å². The summed E-state index contributed by atoms with van der Waals surface area (Å²) >= 11 is 1.44. The molecule has 0 fully saturated rings. The Labute approximate surface area is 88.8 Å². The van der Waals surface area contributed by atoms with Crippen molar-refractivity contribution in [2.45, 2.75) is 32.7 Å². The first-order chi connectivity index (χ1) is 6.69. The lowest BCUT2D eigenvalue weighted by molar-refractivity contribution is 0.112. The minimum absolute atomic E-state index is 0.477. The van der Waals surface area contributed by atoms with E-state index in [1.807, 2.05) is 7.05 Å². The molecule has 78 valence electrons. The van der Waals surface area contributed by atoms with Crippen molar-refractivity contribution < 1.29 is 4.79 Å². The fraction of sp³-hybridized carbons (Fsp3) is 0.600. The highest BCUT2D eigenvalue weighted by atomic mass is 32.1. The van der Waals surface area contributed by atoms with Crippen LogP contribution in [-0.2, 0) is 0 Å². The van der Waals surface area contributed by atoms with Gasteiger partial charge in [0.1, 0.15) is 0 Å². The molecular formula is C10H16N2OS. The van der Waals surface area contributed by atoms with Crippen molar-refractivity contribution in [3.63, 3.8) is 0 Å². The number of carbonyl (C=O) groups excluding carboxylic acids is 1.